The summed E-state index contributed by atoms with van der Waals surface area (Å²) in [4.78, 5) is 12.2. The Hall–Kier alpha value is -3.07. The number of benzene rings is 2. The number of aromatic nitrogens is 2. The normalized spacial score (nSPS) is 10.5. The van der Waals surface area contributed by atoms with Crippen LogP contribution in [0.1, 0.15) is 0 Å². The third-order valence-corrected chi connectivity index (χ3v) is 4.29. The summed E-state index contributed by atoms with van der Waals surface area (Å²) in [6.07, 6.45) is 0. The zero-order valence-electron chi connectivity index (χ0n) is 14.6. The number of carbonyl (C=O) groups is 1. The van der Waals surface area contributed by atoms with Gasteiger partial charge in [0.25, 0.3) is 11.1 Å². The van der Waals surface area contributed by atoms with Crippen molar-refractivity contribution < 1.29 is 23.1 Å². The molecule has 0 radical (unpaired) electrons. The van der Waals surface area contributed by atoms with Gasteiger partial charge in [-0.1, -0.05) is 23.9 Å². The van der Waals surface area contributed by atoms with E-state index in [0.29, 0.717) is 17.2 Å². The van der Waals surface area contributed by atoms with E-state index >= 15 is 0 Å². The highest BCUT2D eigenvalue weighted by atomic mass is 32.2. The van der Waals surface area contributed by atoms with Gasteiger partial charge in [-0.05, 0) is 12.1 Å². The number of nitrogens with zero attached hydrogens (tertiary/aromatic N) is 2. The summed E-state index contributed by atoms with van der Waals surface area (Å²) in [7, 11) is 3.05. The number of anilines is 1. The van der Waals surface area contributed by atoms with Crippen LogP contribution in [0.2, 0.25) is 0 Å². The SMILES string of the molecule is COc1cc(NC(=O)CSc2nnc(-c3ccccc3F)o2)cc(OC)c1. The fraction of sp³-hybridized carbons (Fsp3) is 0.167. The molecule has 1 aromatic heterocycles. The van der Waals surface area contributed by atoms with Crippen LogP contribution in [0, 0.1) is 5.82 Å². The van der Waals surface area contributed by atoms with E-state index in [9.17, 15) is 9.18 Å². The van der Waals surface area contributed by atoms with Crippen molar-refractivity contribution in [2.75, 3.05) is 25.3 Å². The van der Waals surface area contributed by atoms with Crippen LogP contribution < -0.4 is 14.8 Å². The van der Waals surface area contributed by atoms with Gasteiger partial charge in [-0.2, -0.15) is 0 Å². The molecule has 27 heavy (non-hydrogen) atoms. The van der Waals surface area contributed by atoms with Crippen molar-refractivity contribution in [3.63, 3.8) is 0 Å². The van der Waals surface area contributed by atoms with Gasteiger partial charge in [-0.15, -0.1) is 10.2 Å². The number of rotatable bonds is 7. The number of hydrogen-bond acceptors (Lipinski definition) is 7. The van der Waals surface area contributed by atoms with Crippen LogP contribution in [0.3, 0.4) is 0 Å². The second-order valence-electron chi connectivity index (χ2n) is 5.29. The lowest BCUT2D eigenvalue weighted by molar-refractivity contribution is -0.113. The average Bonchev–Trinajstić information content (AvgIpc) is 3.15. The molecule has 3 aromatic rings. The summed E-state index contributed by atoms with van der Waals surface area (Å²) in [5, 5.41) is 10.6. The predicted octanol–water partition coefficient (Wildman–Crippen LogP) is 3.62. The van der Waals surface area contributed by atoms with Gasteiger partial charge in [0.1, 0.15) is 17.3 Å². The monoisotopic (exact) mass is 389 g/mol. The molecule has 2 aromatic carbocycles. The molecular weight excluding hydrogens is 373 g/mol. The van der Waals surface area contributed by atoms with E-state index in [0.717, 1.165) is 11.8 Å². The Morgan fingerprint density at radius 2 is 1.85 bits per heavy atom. The maximum Gasteiger partial charge on any atom is 0.277 e. The summed E-state index contributed by atoms with van der Waals surface area (Å²) in [6.45, 7) is 0. The van der Waals surface area contributed by atoms with Crippen LogP contribution in [0.25, 0.3) is 11.5 Å². The zero-order valence-corrected chi connectivity index (χ0v) is 15.4. The molecule has 7 nitrogen and oxygen atoms in total. The first-order valence-corrected chi connectivity index (χ1v) is 8.81. The third-order valence-electron chi connectivity index (χ3n) is 3.47. The lowest BCUT2D eigenvalue weighted by Gasteiger charge is -2.09. The van der Waals surface area contributed by atoms with Crippen LogP contribution >= 0.6 is 11.8 Å². The number of amides is 1. The molecule has 3 rings (SSSR count). The summed E-state index contributed by atoms with van der Waals surface area (Å²) in [6, 6.07) is 11.1. The maximum atomic E-state index is 13.7. The summed E-state index contributed by atoms with van der Waals surface area (Å²) < 4.78 is 29.5. The molecule has 0 aliphatic carbocycles. The molecule has 0 atom stereocenters. The molecule has 140 valence electrons. The maximum absolute atomic E-state index is 13.7. The minimum absolute atomic E-state index is 0.0401. The molecule has 0 aliphatic heterocycles. The van der Waals surface area contributed by atoms with Gasteiger partial charge in [0, 0.05) is 23.9 Å². The number of hydrogen-bond donors (Lipinski definition) is 1. The van der Waals surface area contributed by atoms with Crippen molar-refractivity contribution in [3.05, 3.63) is 48.3 Å². The fourth-order valence-corrected chi connectivity index (χ4v) is 2.78. The van der Waals surface area contributed by atoms with Gasteiger partial charge in [-0.25, -0.2) is 4.39 Å². The van der Waals surface area contributed by atoms with Gasteiger partial charge < -0.3 is 19.2 Å². The minimum Gasteiger partial charge on any atom is -0.497 e. The van der Waals surface area contributed by atoms with E-state index in [1.54, 1.807) is 36.4 Å². The lowest BCUT2D eigenvalue weighted by Crippen LogP contribution is -2.14. The molecule has 0 aliphatic rings. The second-order valence-corrected chi connectivity index (χ2v) is 6.22. The molecular formula is C18H16FN3O4S. The van der Waals surface area contributed by atoms with Crippen LogP contribution in [-0.2, 0) is 4.79 Å². The smallest absolute Gasteiger partial charge is 0.277 e. The summed E-state index contributed by atoms with van der Waals surface area (Å²) in [5.41, 5.74) is 0.749. The predicted molar refractivity (Wildman–Crippen MR) is 98.6 cm³/mol. The van der Waals surface area contributed by atoms with E-state index in [4.69, 9.17) is 13.9 Å². The zero-order chi connectivity index (χ0) is 19.2. The van der Waals surface area contributed by atoms with Crippen molar-refractivity contribution in [1.82, 2.24) is 10.2 Å². The molecule has 1 amide bonds. The van der Waals surface area contributed by atoms with Crippen LogP contribution in [-0.4, -0.2) is 36.1 Å². The van der Waals surface area contributed by atoms with Crippen molar-refractivity contribution in [3.8, 4) is 23.0 Å². The van der Waals surface area contributed by atoms with E-state index in [2.05, 4.69) is 15.5 Å². The Morgan fingerprint density at radius 1 is 1.15 bits per heavy atom. The Bertz CT molecular complexity index is 926. The van der Waals surface area contributed by atoms with E-state index in [-0.39, 0.29) is 28.3 Å². The number of nitrogens with one attached hydrogen (secondary N) is 1. The highest BCUT2D eigenvalue weighted by Crippen LogP contribution is 2.27. The molecule has 0 saturated carbocycles. The van der Waals surface area contributed by atoms with Gasteiger partial charge in [0.05, 0.1) is 25.5 Å². The van der Waals surface area contributed by atoms with E-state index in [1.165, 1.54) is 20.3 Å². The Labute approximate surface area is 158 Å². The van der Waals surface area contributed by atoms with Crippen molar-refractivity contribution in [2.24, 2.45) is 0 Å². The molecule has 0 saturated heterocycles. The Balaban J connectivity index is 1.61. The van der Waals surface area contributed by atoms with Crippen molar-refractivity contribution in [1.29, 1.82) is 0 Å². The standard InChI is InChI=1S/C18H16FN3O4S/c1-24-12-7-11(8-13(9-12)25-2)20-16(23)10-27-18-22-21-17(26-18)14-5-3-4-6-15(14)19/h3-9H,10H2,1-2H3,(H,20,23). The van der Waals surface area contributed by atoms with Crippen molar-refractivity contribution >= 4 is 23.4 Å². The topological polar surface area (TPSA) is 86.5 Å². The van der Waals surface area contributed by atoms with Crippen LogP contribution in [0.4, 0.5) is 10.1 Å². The number of carbonyl (C=O) groups excluding carboxylic acids is 1. The number of methoxy groups -OCH3 is 2. The second kappa shape index (κ2) is 8.54. The quantitative estimate of drug-likeness (QED) is 0.618. The molecule has 1 heterocycles. The largest absolute Gasteiger partial charge is 0.497 e. The Kier molecular flexibility index (Phi) is 5.92. The molecule has 0 spiro atoms. The first-order chi connectivity index (χ1) is 13.1. The molecule has 0 bridgehead atoms. The highest BCUT2D eigenvalue weighted by Gasteiger charge is 2.14. The van der Waals surface area contributed by atoms with Gasteiger partial charge in [-0.3, -0.25) is 4.79 Å². The number of thioether (sulfide) groups is 1. The van der Waals surface area contributed by atoms with Gasteiger partial charge in [0.2, 0.25) is 5.91 Å². The van der Waals surface area contributed by atoms with Gasteiger partial charge in [0.15, 0.2) is 0 Å². The Morgan fingerprint density at radius 3 is 2.52 bits per heavy atom. The first kappa shape index (κ1) is 18.7. The average molecular weight is 389 g/mol. The minimum atomic E-state index is -0.456. The van der Waals surface area contributed by atoms with Crippen LogP contribution in [0.15, 0.2) is 52.1 Å². The highest BCUT2D eigenvalue weighted by molar-refractivity contribution is 7.99. The number of halogens is 1. The molecule has 0 unspecified atom stereocenters. The molecule has 1 N–H and O–H groups in total. The van der Waals surface area contributed by atoms with Crippen LogP contribution in [0.5, 0.6) is 11.5 Å². The number of ether oxygens (including phenoxy) is 2. The summed E-state index contributed by atoms with van der Waals surface area (Å²) >= 11 is 1.05. The van der Waals surface area contributed by atoms with Gasteiger partial charge >= 0.3 is 0 Å². The third kappa shape index (κ3) is 4.76. The van der Waals surface area contributed by atoms with E-state index < -0.39 is 5.82 Å². The van der Waals surface area contributed by atoms with Crippen molar-refractivity contribution in [2.45, 2.75) is 5.22 Å². The summed E-state index contributed by atoms with van der Waals surface area (Å²) in [5.74, 6) is 0.489. The lowest BCUT2D eigenvalue weighted by atomic mass is 10.2. The van der Waals surface area contributed by atoms with E-state index in [1.807, 2.05) is 0 Å². The first-order valence-electron chi connectivity index (χ1n) is 7.83. The molecule has 0 fully saturated rings. The fourth-order valence-electron chi connectivity index (χ4n) is 2.22. The molecule has 9 heteroatoms.